The summed E-state index contributed by atoms with van der Waals surface area (Å²) in [4.78, 5) is 0. The Morgan fingerprint density at radius 1 is 1.25 bits per heavy atom. The van der Waals surface area contributed by atoms with Gasteiger partial charge >= 0.3 is 7.12 Å². The van der Waals surface area contributed by atoms with Gasteiger partial charge in [0.25, 0.3) is 0 Å². The average molecular weight is 179 g/mol. The Morgan fingerprint density at radius 2 is 1.75 bits per heavy atom. The summed E-state index contributed by atoms with van der Waals surface area (Å²) in [7, 11) is -1.59. The molecule has 0 N–H and O–H groups in total. The molecular formula is C9H21BO2. The van der Waals surface area contributed by atoms with Crippen LogP contribution in [-0.4, -0.2) is 19.3 Å². The molecule has 0 aliphatic carbocycles. The summed E-state index contributed by atoms with van der Waals surface area (Å²) in [6.45, 7) is 3.43. The van der Waals surface area contributed by atoms with Crippen LogP contribution in [0.1, 0.15) is 50.5 Å². The van der Waals surface area contributed by atoms with Crippen molar-refractivity contribution in [2.24, 2.45) is 0 Å². The minimum Gasteiger partial charge on any atom is -0.409 e. The minimum atomic E-state index is -3.12. The minimum absolute atomic E-state index is 0.425. The second kappa shape index (κ2) is 6.50. The summed E-state index contributed by atoms with van der Waals surface area (Å²) < 4.78 is 62.7. The standard InChI is InChI=1S/C9H21BO2/c1-6-7-10(11-8(2)3)12-9(4)5/h8-9H,6-7H2,1-5H3/i1D3,6D2,7D2. The van der Waals surface area contributed by atoms with Crippen LogP contribution < -0.4 is 0 Å². The zero-order chi connectivity index (χ0) is 15.6. The molecule has 0 saturated heterocycles. The first-order valence-electron chi connectivity index (χ1n) is 7.54. The third kappa shape index (κ3) is 6.68. The van der Waals surface area contributed by atoms with E-state index in [4.69, 9.17) is 18.9 Å². The van der Waals surface area contributed by atoms with Gasteiger partial charge in [0.2, 0.25) is 0 Å². The molecule has 0 spiro atoms. The van der Waals surface area contributed by atoms with Crippen molar-refractivity contribution in [3.63, 3.8) is 0 Å². The molecule has 0 bridgehead atoms. The Bertz CT molecular complexity index is 281. The highest BCUT2D eigenvalue weighted by Crippen LogP contribution is 2.06. The second-order valence-corrected chi connectivity index (χ2v) is 2.97. The fourth-order valence-corrected chi connectivity index (χ4v) is 0.653. The van der Waals surface area contributed by atoms with Crippen LogP contribution >= 0.6 is 0 Å². The van der Waals surface area contributed by atoms with Crippen molar-refractivity contribution >= 4 is 7.12 Å². The predicted octanol–water partition coefficient (Wildman–Crippen LogP) is 2.73. The molecule has 0 atom stereocenters. The first-order valence-corrected chi connectivity index (χ1v) is 4.04. The molecule has 72 valence electrons. The van der Waals surface area contributed by atoms with Crippen LogP contribution in [0.3, 0.4) is 0 Å². The van der Waals surface area contributed by atoms with E-state index in [1.165, 1.54) is 0 Å². The molecule has 0 aromatic rings. The van der Waals surface area contributed by atoms with Crippen molar-refractivity contribution in [2.45, 2.75) is 59.4 Å². The molecule has 0 rings (SSSR count). The molecule has 0 heterocycles. The monoisotopic (exact) mass is 179 g/mol. The van der Waals surface area contributed by atoms with Gasteiger partial charge in [-0.3, -0.25) is 0 Å². The van der Waals surface area contributed by atoms with Gasteiger partial charge in [0.05, 0.1) is 0 Å². The van der Waals surface area contributed by atoms with E-state index in [-0.39, 0.29) is 0 Å². The third-order valence-electron chi connectivity index (χ3n) is 0.982. The van der Waals surface area contributed by atoms with Gasteiger partial charge in [-0.2, -0.15) is 0 Å². The number of rotatable bonds is 6. The molecule has 2 nitrogen and oxygen atoms in total. The fraction of sp³-hybridized carbons (Fsp3) is 1.00. The van der Waals surface area contributed by atoms with Gasteiger partial charge in [-0.1, -0.05) is 13.2 Å². The first-order chi connectivity index (χ1) is 8.23. The highest BCUT2D eigenvalue weighted by atomic mass is 16.6. The molecule has 12 heavy (non-hydrogen) atoms. The highest BCUT2D eigenvalue weighted by molar-refractivity contribution is 6.44. The van der Waals surface area contributed by atoms with E-state index >= 15 is 0 Å². The van der Waals surface area contributed by atoms with Crippen LogP contribution in [0.5, 0.6) is 0 Å². The van der Waals surface area contributed by atoms with Crippen LogP contribution in [0.2, 0.25) is 6.27 Å². The van der Waals surface area contributed by atoms with E-state index < -0.39 is 38.8 Å². The Morgan fingerprint density at radius 3 is 2.08 bits per heavy atom. The van der Waals surface area contributed by atoms with Crippen LogP contribution in [0.15, 0.2) is 0 Å². The lowest BCUT2D eigenvalue weighted by molar-refractivity contribution is 0.129. The zero-order valence-electron chi connectivity index (χ0n) is 15.0. The SMILES string of the molecule is [2H]C([2H])([2H])C([2H])([2H])C([2H])([2H])B(OC(C)C)OC(C)C. The van der Waals surface area contributed by atoms with E-state index in [2.05, 4.69) is 0 Å². The molecule has 0 aromatic carbocycles. The molecule has 0 aliphatic heterocycles. The second-order valence-electron chi connectivity index (χ2n) is 2.97. The van der Waals surface area contributed by atoms with Gasteiger partial charge in [-0.05, 0) is 34.0 Å². The van der Waals surface area contributed by atoms with E-state index in [0.717, 1.165) is 0 Å². The van der Waals surface area contributed by atoms with E-state index in [9.17, 15) is 0 Å². The van der Waals surface area contributed by atoms with Crippen LogP contribution in [-0.2, 0) is 9.31 Å². The molecule has 0 radical (unpaired) electrons. The maximum atomic E-state index is 7.81. The van der Waals surface area contributed by atoms with Crippen molar-refractivity contribution in [3.05, 3.63) is 0 Å². The predicted molar refractivity (Wildman–Crippen MR) is 53.3 cm³/mol. The normalized spacial score (nSPS) is 23.3. The average Bonchev–Trinajstić information content (AvgIpc) is 2.12. The van der Waals surface area contributed by atoms with E-state index in [0.29, 0.717) is 0 Å². The summed E-state index contributed by atoms with van der Waals surface area (Å²) in [5, 5.41) is 0. The molecule has 0 amide bonds. The Balaban J connectivity index is 5.38. The fourth-order valence-electron chi connectivity index (χ4n) is 0.653. The quantitative estimate of drug-likeness (QED) is 0.583. The van der Waals surface area contributed by atoms with Crippen molar-refractivity contribution < 1.29 is 18.9 Å². The Kier molecular flexibility index (Phi) is 2.42. The maximum absolute atomic E-state index is 7.81. The molecule has 0 unspecified atom stereocenters. The molecular weight excluding hydrogens is 151 g/mol. The molecule has 0 saturated carbocycles. The smallest absolute Gasteiger partial charge is 0.409 e. The first kappa shape index (κ1) is 4.47. The van der Waals surface area contributed by atoms with Crippen LogP contribution in [0, 0.1) is 0 Å². The largest absolute Gasteiger partial charge is 0.457 e. The van der Waals surface area contributed by atoms with Crippen molar-refractivity contribution in [1.82, 2.24) is 0 Å². The van der Waals surface area contributed by atoms with Gasteiger partial charge in [-0.15, -0.1) is 0 Å². The number of hydrogen-bond donors (Lipinski definition) is 0. The van der Waals surface area contributed by atoms with Gasteiger partial charge in [-0.25, -0.2) is 0 Å². The molecule has 0 fully saturated rings. The summed E-state index contributed by atoms with van der Waals surface area (Å²) >= 11 is 0. The lowest BCUT2D eigenvalue weighted by atomic mass is 9.82. The Labute approximate surface area is 86.6 Å². The number of hydrogen-bond acceptors (Lipinski definition) is 2. The summed E-state index contributed by atoms with van der Waals surface area (Å²) in [5.41, 5.74) is 0. The van der Waals surface area contributed by atoms with Gasteiger partial charge in [0.1, 0.15) is 0 Å². The Hall–Kier alpha value is -0.0151. The molecule has 3 heteroatoms. The van der Waals surface area contributed by atoms with Gasteiger partial charge in [0, 0.05) is 21.8 Å². The summed E-state index contributed by atoms with van der Waals surface area (Å²) in [6.07, 6.45) is -6.75. The van der Waals surface area contributed by atoms with Crippen molar-refractivity contribution in [1.29, 1.82) is 0 Å². The van der Waals surface area contributed by atoms with Crippen molar-refractivity contribution in [2.75, 3.05) is 0 Å². The lowest BCUT2D eigenvalue weighted by Gasteiger charge is -2.18. The van der Waals surface area contributed by atoms with Crippen molar-refractivity contribution in [3.8, 4) is 0 Å². The molecule has 0 aliphatic rings. The summed E-state index contributed by atoms with van der Waals surface area (Å²) in [6, 6.07) is 0. The highest BCUT2D eigenvalue weighted by Gasteiger charge is 2.19. The van der Waals surface area contributed by atoms with Crippen LogP contribution in [0.25, 0.3) is 0 Å². The third-order valence-corrected chi connectivity index (χ3v) is 0.982. The van der Waals surface area contributed by atoms with Gasteiger partial charge < -0.3 is 9.31 Å². The molecule has 0 aromatic heterocycles. The topological polar surface area (TPSA) is 18.5 Å². The van der Waals surface area contributed by atoms with Gasteiger partial charge in [0.15, 0.2) is 0 Å². The van der Waals surface area contributed by atoms with E-state index in [1.54, 1.807) is 27.7 Å². The maximum Gasteiger partial charge on any atom is 0.457 e. The zero-order valence-corrected chi connectivity index (χ0v) is 8.05. The summed E-state index contributed by atoms with van der Waals surface area (Å²) in [5.74, 6) is 0. The lowest BCUT2D eigenvalue weighted by Crippen LogP contribution is -2.28. The van der Waals surface area contributed by atoms with E-state index in [1.807, 2.05) is 0 Å². The van der Waals surface area contributed by atoms with Crippen LogP contribution in [0.4, 0.5) is 0 Å².